The van der Waals surface area contributed by atoms with Crippen LogP contribution in [0.3, 0.4) is 0 Å². The van der Waals surface area contributed by atoms with E-state index in [2.05, 4.69) is 10.1 Å². The number of rotatable bonds is 6. The molecular formula is C16H22N2O6S. The Bertz CT molecular complexity index is 657. The van der Waals surface area contributed by atoms with Gasteiger partial charge >= 0.3 is 18.0 Å². The number of carboxylic acid groups (broad SMARTS) is 1. The molecular weight excluding hydrogens is 348 g/mol. The minimum absolute atomic E-state index is 0.0678. The summed E-state index contributed by atoms with van der Waals surface area (Å²) in [5.74, 6) is -1.57. The van der Waals surface area contributed by atoms with Crippen molar-refractivity contribution in [3.05, 3.63) is 23.8 Å². The van der Waals surface area contributed by atoms with Crippen molar-refractivity contribution in [3.63, 3.8) is 0 Å². The van der Waals surface area contributed by atoms with Gasteiger partial charge in [-0.2, -0.15) is 0 Å². The smallest absolute Gasteiger partial charge is 0.408 e. The van der Waals surface area contributed by atoms with Crippen LogP contribution in [-0.2, 0) is 14.3 Å². The first-order chi connectivity index (χ1) is 11.5. The molecule has 0 aliphatic rings. The van der Waals surface area contributed by atoms with Crippen LogP contribution < -0.4 is 11.1 Å². The first kappa shape index (κ1) is 20.6. The highest BCUT2D eigenvalue weighted by Crippen LogP contribution is 2.27. The number of alkyl carbamates (subject to hydrolysis) is 1. The summed E-state index contributed by atoms with van der Waals surface area (Å²) >= 11 is 1.19. The number of methoxy groups -OCH3 is 1. The third-order valence-corrected chi connectivity index (χ3v) is 4.02. The van der Waals surface area contributed by atoms with Crippen molar-refractivity contribution in [1.29, 1.82) is 0 Å². The minimum Gasteiger partial charge on any atom is -0.478 e. The van der Waals surface area contributed by atoms with Crippen LogP contribution in [-0.4, -0.2) is 47.6 Å². The fraction of sp³-hybridized carbons (Fsp3) is 0.438. The van der Waals surface area contributed by atoms with E-state index in [4.69, 9.17) is 15.6 Å². The van der Waals surface area contributed by atoms with Crippen LogP contribution in [0.15, 0.2) is 23.1 Å². The number of thioether (sulfide) groups is 1. The van der Waals surface area contributed by atoms with Crippen molar-refractivity contribution in [2.45, 2.75) is 37.3 Å². The number of amides is 1. The first-order valence-electron chi connectivity index (χ1n) is 7.36. The molecule has 138 valence electrons. The molecule has 1 aromatic carbocycles. The summed E-state index contributed by atoms with van der Waals surface area (Å²) in [5.41, 5.74) is 5.46. The number of benzene rings is 1. The molecule has 1 rings (SSSR count). The van der Waals surface area contributed by atoms with Gasteiger partial charge in [0.05, 0.1) is 12.7 Å². The molecule has 0 spiro atoms. The number of hydrogen-bond donors (Lipinski definition) is 3. The highest BCUT2D eigenvalue weighted by atomic mass is 32.2. The number of carbonyl (C=O) groups excluding carboxylic acids is 2. The third kappa shape index (κ3) is 6.92. The molecule has 8 nitrogen and oxygen atoms in total. The van der Waals surface area contributed by atoms with Crippen LogP contribution in [0.25, 0.3) is 0 Å². The van der Waals surface area contributed by atoms with E-state index in [1.807, 2.05) is 0 Å². The second-order valence-electron chi connectivity index (χ2n) is 6.09. The monoisotopic (exact) mass is 370 g/mol. The number of ether oxygens (including phenoxy) is 2. The summed E-state index contributed by atoms with van der Waals surface area (Å²) in [6, 6.07) is 3.35. The Balaban J connectivity index is 2.78. The molecule has 0 saturated heterocycles. The number of hydrogen-bond acceptors (Lipinski definition) is 7. The topological polar surface area (TPSA) is 128 Å². The maximum Gasteiger partial charge on any atom is 0.408 e. The third-order valence-electron chi connectivity index (χ3n) is 2.84. The average Bonchev–Trinajstić information content (AvgIpc) is 2.49. The Labute approximate surface area is 150 Å². The van der Waals surface area contributed by atoms with Gasteiger partial charge < -0.3 is 25.6 Å². The minimum atomic E-state index is -1.08. The Kier molecular flexibility index (Phi) is 7.10. The van der Waals surface area contributed by atoms with E-state index in [0.717, 1.165) is 0 Å². The molecule has 0 aliphatic heterocycles. The van der Waals surface area contributed by atoms with Crippen LogP contribution in [0.4, 0.5) is 10.5 Å². The van der Waals surface area contributed by atoms with E-state index in [0.29, 0.717) is 4.90 Å². The number of anilines is 1. The largest absolute Gasteiger partial charge is 0.478 e. The molecule has 9 heteroatoms. The molecule has 0 unspecified atom stereocenters. The molecule has 0 saturated carbocycles. The first-order valence-corrected chi connectivity index (χ1v) is 8.35. The molecule has 1 atom stereocenters. The van der Waals surface area contributed by atoms with Crippen molar-refractivity contribution in [3.8, 4) is 0 Å². The van der Waals surface area contributed by atoms with E-state index in [9.17, 15) is 14.4 Å². The van der Waals surface area contributed by atoms with E-state index in [-0.39, 0.29) is 17.0 Å². The standard InChI is InChI=1S/C16H22N2O6S/c1-16(2,3)24-15(22)18-11(14(21)23-4)8-25-12-6-5-9(13(19)20)7-10(12)17/h5-7,11H,8,17H2,1-4H3,(H,18,22)(H,19,20)/t11-/m1/s1. The highest BCUT2D eigenvalue weighted by Gasteiger charge is 2.25. The van der Waals surface area contributed by atoms with Gasteiger partial charge in [0.2, 0.25) is 0 Å². The van der Waals surface area contributed by atoms with Gasteiger partial charge in [-0.25, -0.2) is 14.4 Å². The highest BCUT2D eigenvalue weighted by molar-refractivity contribution is 7.99. The zero-order valence-corrected chi connectivity index (χ0v) is 15.3. The summed E-state index contributed by atoms with van der Waals surface area (Å²) in [6.45, 7) is 5.12. The van der Waals surface area contributed by atoms with Crippen LogP contribution in [0.2, 0.25) is 0 Å². The van der Waals surface area contributed by atoms with Gasteiger partial charge in [0, 0.05) is 16.3 Å². The van der Waals surface area contributed by atoms with Gasteiger partial charge in [-0.15, -0.1) is 11.8 Å². The van der Waals surface area contributed by atoms with Crippen LogP contribution >= 0.6 is 11.8 Å². The Morgan fingerprint density at radius 2 is 1.96 bits per heavy atom. The maximum atomic E-state index is 11.8. The second kappa shape index (κ2) is 8.61. The summed E-state index contributed by atoms with van der Waals surface area (Å²) in [7, 11) is 1.22. The number of nitrogens with two attached hydrogens (primary N) is 1. The SMILES string of the molecule is COC(=O)[C@@H](CSc1ccc(C(=O)O)cc1N)NC(=O)OC(C)(C)C. The summed E-state index contributed by atoms with van der Waals surface area (Å²) in [4.78, 5) is 35.2. The van der Waals surface area contributed by atoms with Gasteiger partial charge in [0.15, 0.2) is 0 Å². The predicted molar refractivity (Wildman–Crippen MR) is 93.7 cm³/mol. The summed E-state index contributed by atoms with van der Waals surface area (Å²) in [5, 5.41) is 11.4. The molecule has 0 heterocycles. The number of carboxylic acids is 1. The molecule has 1 amide bonds. The zero-order valence-electron chi connectivity index (χ0n) is 14.5. The normalized spacial score (nSPS) is 12.2. The lowest BCUT2D eigenvalue weighted by atomic mass is 10.2. The average molecular weight is 370 g/mol. The quantitative estimate of drug-likeness (QED) is 0.395. The van der Waals surface area contributed by atoms with E-state index < -0.39 is 29.7 Å². The van der Waals surface area contributed by atoms with Crippen LogP contribution in [0.5, 0.6) is 0 Å². The Morgan fingerprint density at radius 1 is 1.32 bits per heavy atom. The number of carbonyl (C=O) groups is 3. The van der Waals surface area contributed by atoms with E-state index >= 15 is 0 Å². The summed E-state index contributed by atoms with van der Waals surface area (Å²) < 4.78 is 9.80. The van der Waals surface area contributed by atoms with Crippen molar-refractivity contribution in [2.24, 2.45) is 0 Å². The molecule has 0 radical (unpaired) electrons. The molecule has 25 heavy (non-hydrogen) atoms. The van der Waals surface area contributed by atoms with E-state index in [1.165, 1.54) is 31.0 Å². The summed E-state index contributed by atoms with van der Waals surface area (Å²) in [6.07, 6.45) is -0.738. The van der Waals surface area contributed by atoms with Crippen LogP contribution in [0, 0.1) is 0 Å². The number of esters is 1. The molecule has 0 aromatic heterocycles. The van der Waals surface area contributed by atoms with Gasteiger partial charge in [-0.3, -0.25) is 0 Å². The maximum absolute atomic E-state index is 11.8. The number of aromatic carboxylic acids is 1. The van der Waals surface area contributed by atoms with E-state index in [1.54, 1.807) is 26.8 Å². The Hall–Kier alpha value is -2.42. The van der Waals surface area contributed by atoms with Gasteiger partial charge in [0.25, 0.3) is 0 Å². The second-order valence-corrected chi connectivity index (χ2v) is 7.15. The van der Waals surface area contributed by atoms with Crippen LogP contribution in [0.1, 0.15) is 31.1 Å². The van der Waals surface area contributed by atoms with Gasteiger partial charge in [-0.05, 0) is 39.0 Å². The molecule has 0 bridgehead atoms. The lowest BCUT2D eigenvalue weighted by Gasteiger charge is -2.22. The van der Waals surface area contributed by atoms with Crippen molar-refractivity contribution in [2.75, 3.05) is 18.6 Å². The van der Waals surface area contributed by atoms with Crippen molar-refractivity contribution >= 4 is 35.5 Å². The Morgan fingerprint density at radius 3 is 2.44 bits per heavy atom. The lowest BCUT2D eigenvalue weighted by molar-refractivity contribution is -0.142. The van der Waals surface area contributed by atoms with Crippen molar-refractivity contribution in [1.82, 2.24) is 5.32 Å². The van der Waals surface area contributed by atoms with Gasteiger partial charge in [0.1, 0.15) is 11.6 Å². The fourth-order valence-corrected chi connectivity index (χ4v) is 2.70. The molecule has 4 N–H and O–H groups in total. The predicted octanol–water partition coefficient (Wildman–Crippen LogP) is 2.13. The fourth-order valence-electron chi connectivity index (χ4n) is 1.75. The zero-order chi connectivity index (χ0) is 19.2. The van der Waals surface area contributed by atoms with Crippen molar-refractivity contribution < 1.29 is 29.0 Å². The lowest BCUT2D eigenvalue weighted by Crippen LogP contribution is -2.45. The van der Waals surface area contributed by atoms with Gasteiger partial charge in [-0.1, -0.05) is 0 Å². The molecule has 1 aromatic rings. The molecule has 0 fully saturated rings. The molecule has 0 aliphatic carbocycles. The number of nitrogens with one attached hydrogen (secondary N) is 1. The number of nitrogen functional groups attached to an aromatic ring is 1.